The van der Waals surface area contributed by atoms with Crippen molar-refractivity contribution in [3.63, 3.8) is 0 Å². The van der Waals surface area contributed by atoms with Gasteiger partial charge in [-0.15, -0.1) is 0 Å². The standard InChI is InChI=1S/C25H27F3N4O2/c1-17-22(15-29-32(17)21-8-5-7-19(14-21)25(26,27)28)24(33)30-20-10-12-31(13-11-20)16-18-6-3-4-9-23(18)34-2/h3-9,14-15,20H,10-13,16H2,1-2H3,(H,30,33). The monoisotopic (exact) mass is 472 g/mol. The third kappa shape index (κ3) is 5.25. The van der Waals surface area contributed by atoms with Crippen LogP contribution in [0.15, 0.2) is 54.7 Å². The van der Waals surface area contributed by atoms with Crippen LogP contribution in [-0.2, 0) is 12.7 Å². The van der Waals surface area contributed by atoms with Crippen molar-refractivity contribution in [2.75, 3.05) is 20.2 Å². The van der Waals surface area contributed by atoms with Gasteiger partial charge in [-0.2, -0.15) is 18.3 Å². The van der Waals surface area contributed by atoms with Crippen molar-refractivity contribution in [1.82, 2.24) is 20.0 Å². The molecule has 1 aliphatic rings. The number of carbonyl (C=O) groups excluding carboxylic acids is 1. The van der Waals surface area contributed by atoms with Gasteiger partial charge in [-0.1, -0.05) is 24.3 Å². The summed E-state index contributed by atoms with van der Waals surface area (Å²) in [4.78, 5) is 15.2. The molecule has 2 aromatic carbocycles. The Morgan fingerprint density at radius 1 is 1.15 bits per heavy atom. The van der Waals surface area contributed by atoms with E-state index in [4.69, 9.17) is 4.74 Å². The molecule has 1 saturated heterocycles. The van der Waals surface area contributed by atoms with E-state index in [0.29, 0.717) is 11.3 Å². The van der Waals surface area contributed by atoms with Crippen LogP contribution in [0.3, 0.4) is 0 Å². The molecule has 1 N–H and O–H groups in total. The molecule has 4 rings (SSSR count). The van der Waals surface area contributed by atoms with Gasteiger partial charge in [0.1, 0.15) is 5.75 Å². The lowest BCUT2D eigenvalue weighted by atomic mass is 10.0. The summed E-state index contributed by atoms with van der Waals surface area (Å²) in [5, 5.41) is 7.23. The fourth-order valence-electron chi connectivity index (χ4n) is 4.28. The van der Waals surface area contributed by atoms with Gasteiger partial charge in [-0.25, -0.2) is 4.68 Å². The van der Waals surface area contributed by atoms with Crippen LogP contribution in [0.25, 0.3) is 5.69 Å². The molecule has 2 heterocycles. The van der Waals surface area contributed by atoms with Gasteiger partial charge in [0, 0.05) is 31.2 Å². The zero-order valence-electron chi connectivity index (χ0n) is 19.1. The Morgan fingerprint density at radius 2 is 1.88 bits per heavy atom. The predicted octanol–water partition coefficient (Wildman–Crippen LogP) is 4.60. The van der Waals surface area contributed by atoms with Crippen LogP contribution in [0, 0.1) is 6.92 Å². The summed E-state index contributed by atoms with van der Waals surface area (Å²) < 4.78 is 46.0. The van der Waals surface area contributed by atoms with Crippen LogP contribution in [0.1, 0.15) is 40.0 Å². The van der Waals surface area contributed by atoms with Crippen molar-refractivity contribution in [1.29, 1.82) is 0 Å². The van der Waals surface area contributed by atoms with Crippen LogP contribution in [0.4, 0.5) is 13.2 Å². The van der Waals surface area contributed by atoms with Crippen LogP contribution in [-0.4, -0.2) is 46.8 Å². The SMILES string of the molecule is COc1ccccc1CN1CCC(NC(=O)c2cnn(-c3cccc(C(F)(F)F)c3)c2C)CC1. The Morgan fingerprint density at radius 3 is 2.59 bits per heavy atom. The zero-order chi connectivity index (χ0) is 24.3. The fourth-order valence-corrected chi connectivity index (χ4v) is 4.28. The van der Waals surface area contributed by atoms with E-state index in [9.17, 15) is 18.0 Å². The van der Waals surface area contributed by atoms with E-state index < -0.39 is 11.7 Å². The predicted molar refractivity (Wildman–Crippen MR) is 122 cm³/mol. The molecule has 34 heavy (non-hydrogen) atoms. The molecule has 0 atom stereocenters. The highest BCUT2D eigenvalue weighted by Crippen LogP contribution is 2.30. The van der Waals surface area contributed by atoms with Gasteiger partial charge >= 0.3 is 6.18 Å². The number of likely N-dealkylation sites (tertiary alicyclic amines) is 1. The van der Waals surface area contributed by atoms with E-state index in [0.717, 1.165) is 55.9 Å². The molecule has 0 bridgehead atoms. The van der Waals surface area contributed by atoms with E-state index in [1.165, 1.54) is 23.0 Å². The Labute approximate surface area is 196 Å². The summed E-state index contributed by atoms with van der Waals surface area (Å²) in [7, 11) is 1.66. The topological polar surface area (TPSA) is 59.4 Å². The second-order valence-corrected chi connectivity index (χ2v) is 8.44. The lowest BCUT2D eigenvalue weighted by Gasteiger charge is -2.32. The number of nitrogens with one attached hydrogen (secondary N) is 1. The highest BCUT2D eigenvalue weighted by Gasteiger charge is 2.31. The molecule has 3 aromatic rings. The third-order valence-electron chi connectivity index (χ3n) is 6.18. The summed E-state index contributed by atoms with van der Waals surface area (Å²) in [5.41, 5.74) is 1.48. The maximum absolute atomic E-state index is 13.1. The van der Waals surface area contributed by atoms with E-state index in [-0.39, 0.29) is 17.6 Å². The van der Waals surface area contributed by atoms with Crippen molar-refractivity contribution >= 4 is 5.91 Å². The number of amides is 1. The molecule has 0 spiro atoms. The molecule has 180 valence electrons. The quantitative estimate of drug-likeness (QED) is 0.570. The number of benzene rings is 2. The molecule has 1 aliphatic heterocycles. The number of hydrogen-bond acceptors (Lipinski definition) is 4. The van der Waals surface area contributed by atoms with Gasteiger partial charge < -0.3 is 10.1 Å². The summed E-state index contributed by atoms with van der Waals surface area (Å²) in [6, 6.07) is 12.9. The molecule has 6 nitrogen and oxygen atoms in total. The molecule has 0 unspecified atom stereocenters. The van der Waals surface area contributed by atoms with Crippen molar-refractivity contribution in [2.45, 2.75) is 38.5 Å². The van der Waals surface area contributed by atoms with Crippen molar-refractivity contribution in [3.8, 4) is 11.4 Å². The van der Waals surface area contributed by atoms with Gasteiger partial charge in [0.2, 0.25) is 0 Å². The van der Waals surface area contributed by atoms with Gasteiger partial charge in [0.15, 0.2) is 0 Å². The van der Waals surface area contributed by atoms with Crippen molar-refractivity contribution < 1.29 is 22.7 Å². The van der Waals surface area contributed by atoms with Crippen LogP contribution in [0.2, 0.25) is 0 Å². The fraction of sp³-hybridized carbons (Fsp3) is 0.360. The zero-order valence-corrected chi connectivity index (χ0v) is 19.1. The minimum Gasteiger partial charge on any atom is -0.496 e. The number of methoxy groups -OCH3 is 1. The van der Waals surface area contributed by atoms with Gasteiger partial charge in [-0.05, 0) is 44.0 Å². The number of hydrogen-bond donors (Lipinski definition) is 1. The van der Waals surface area contributed by atoms with Gasteiger partial charge in [-0.3, -0.25) is 9.69 Å². The molecule has 9 heteroatoms. The number of rotatable bonds is 6. The smallest absolute Gasteiger partial charge is 0.416 e. The molecule has 0 aliphatic carbocycles. The van der Waals surface area contributed by atoms with Gasteiger partial charge in [0.05, 0.1) is 35.8 Å². The highest BCUT2D eigenvalue weighted by molar-refractivity contribution is 5.95. The van der Waals surface area contributed by atoms with E-state index in [1.807, 2.05) is 18.2 Å². The number of carbonyl (C=O) groups is 1. The maximum Gasteiger partial charge on any atom is 0.416 e. The van der Waals surface area contributed by atoms with Crippen molar-refractivity contribution in [2.24, 2.45) is 0 Å². The van der Waals surface area contributed by atoms with E-state index in [1.54, 1.807) is 14.0 Å². The van der Waals surface area contributed by atoms with Crippen LogP contribution in [0.5, 0.6) is 5.75 Å². The van der Waals surface area contributed by atoms with E-state index in [2.05, 4.69) is 21.4 Å². The first-order valence-corrected chi connectivity index (χ1v) is 11.1. The van der Waals surface area contributed by atoms with Crippen molar-refractivity contribution in [3.05, 3.63) is 77.1 Å². The number of halogens is 3. The molecule has 0 saturated carbocycles. The molecular formula is C25H27F3N4O2. The minimum atomic E-state index is -4.45. The molecule has 0 radical (unpaired) electrons. The number of aromatic nitrogens is 2. The largest absolute Gasteiger partial charge is 0.496 e. The number of ether oxygens (including phenoxy) is 1. The Kier molecular flexibility index (Phi) is 6.92. The maximum atomic E-state index is 13.1. The lowest BCUT2D eigenvalue weighted by Crippen LogP contribution is -2.44. The first-order chi connectivity index (χ1) is 16.3. The number of piperidine rings is 1. The molecular weight excluding hydrogens is 445 g/mol. The first-order valence-electron chi connectivity index (χ1n) is 11.1. The Bertz CT molecular complexity index is 1150. The second-order valence-electron chi connectivity index (χ2n) is 8.44. The number of nitrogens with zero attached hydrogens (tertiary/aromatic N) is 3. The summed E-state index contributed by atoms with van der Waals surface area (Å²) in [6.45, 7) is 4.14. The molecule has 1 fully saturated rings. The first kappa shape index (κ1) is 23.8. The highest BCUT2D eigenvalue weighted by atomic mass is 19.4. The van der Waals surface area contributed by atoms with Gasteiger partial charge in [0.25, 0.3) is 5.91 Å². The molecule has 1 amide bonds. The average molecular weight is 473 g/mol. The van der Waals surface area contributed by atoms with Crippen LogP contribution < -0.4 is 10.1 Å². The minimum absolute atomic E-state index is 0.0257. The summed E-state index contributed by atoms with van der Waals surface area (Å²) in [5.74, 6) is 0.602. The van der Waals surface area contributed by atoms with Crippen LogP contribution >= 0.6 is 0 Å². The third-order valence-corrected chi connectivity index (χ3v) is 6.18. The Hall–Kier alpha value is -3.33. The molecule has 1 aromatic heterocycles. The second kappa shape index (κ2) is 9.89. The summed E-state index contributed by atoms with van der Waals surface area (Å²) >= 11 is 0. The van der Waals surface area contributed by atoms with E-state index >= 15 is 0 Å². The number of para-hydroxylation sites is 1. The average Bonchev–Trinajstić information content (AvgIpc) is 3.21. The normalized spacial score (nSPS) is 15.3. The number of alkyl halides is 3. The Balaban J connectivity index is 1.37. The summed E-state index contributed by atoms with van der Waals surface area (Å²) in [6.07, 6.45) is -1.43. The lowest BCUT2D eigenvalue weighted by molar-refractivity contribution is -0.137.